The third-order valence-corrected chi connectivity index (χ3v) is 15.9. The van der Waals surface area contributed by atoms with Crippen LogP contribution in [0.15, 0.2) is 0 Å². The summed E-state index contributed by atoms with van der Waals surface area (Å²) >= 11 is 0. The molecule has 11 heteroatoms. The van der Waals surface area contributed by atoms with Gasteiger partial charge in [0.25, 0.3) is 0 Å². The van der Waals surface area contributed by atoms with Crippen molar-refractivity contribution in [3.63, 3.8) is 0 Å². The van der Waals surface area contributed by atoms with Gasteiger partial charge >= 0.3 is 5.97 Å². The molecular weight excluding hydrogens is 632 g/mol. The minimum absolute atomic E-state index is 0.0295. The Morgan fingerprint density at radius 2 is 1.61 bits per heavy atom. The van der Waals surface area contributed by atoms with Crippen LogP contribution in [0.1, 0.15) is 113 Å². The molecule has 0 radical (unpaired) electrons. The molecule has 11 nitrogen and oxygen atoms in total. The van der Waals surface area contributed by atoms with E-state index >= 15 is 0 Å². The van der Waals surface area contributed by atoms with Gasteiger partial charge in [-0.25, -0.2) is 0 Å². The standard InChI is InChI=1S/C38H64O11/c1-19(15-22(41)31(45)34(5,6)46)21-9-14-38-18-37(21,38)13-10-24-35(7)12-11-26(47-20(2)40)33(3,4)25(35)16-27(36(24,38)8)49-32-30(44)29(43)28(42)23(17-39)48-32/h19,21-32,39,41-46H,9-18H2,1-8H3/t19-,21-,22-,23-,24-,25+,26-,27-,28-,29+,30-,31+,32+,35-,36+,37+,38-/m1/s1. The van der Waals surface area contributed by atoms with Gasteiger partial charge in [0.15, 0.2) is 6.29 Å². The number of aliphatic hydroxyl groups excluding tert-OH is 6. The number of hydrogen-bond donors (Lipinski definition) is 7. The lowest BCUT2D eigenvalue weighted by molar-refractivity contribution is -0.344. The van der Waals surface area contributed by atoms with E-state index in [2.05, 4.69) is 34.6 Å². The van der Waals surface area contributed by atoms with Gasteiger partial charge in [-0.05, 0) is 112 Å². The van der Waals surface area contributed by atoms with Crippen LogP contribution >= 0.6 is 0 Å². The molecule has 1 heterocycles. The molecule has 0 aromatic carbocycles. The Morgan fingerprint density at radius 3 is 2.22 bits per heavy atom. The molecule has 5 saturated carbocycles. The van der Waals surface area contributed by atoms with Crippen LogP contribution in [0.5, 0.6) is 0 Å². The molecule has 0 spiro atoms. The Hall–Kier alpha value is -0.890. The van der Waals surface area contributed by atoms with E-state index in [1.807, 2.05) is 0 Å². The van der Waals surface area contributed by atoms with Crippen LogP contribution in [0.25, 0.3) is 0 Å². The minimum atomic E-state index is -1.54. The molecule has 17 atom stereocenters. The summed E-state index contributed by atoms with van der Waals surface area (Å²) in [5, 5.41) is 74.4. The van der Waals surface area contributed by atoms with Gasteiger partial charge in [-0.3, -0.25) is 4.79 Å². The maximum absolute atomic E-state index is 12.2. The molecule has 0 unspecified atom stereocenters. The number of carbonyl (C=O) groups excluding carboxylic acids is 1. The van der Waals surface area contributed by atoms with Crippen molar-refractivity contribution in [3.05, 3.63) is 0 Å². The van der Waals surface area contributed by atoms with Crippen molar-refractivity contribution in [3.8, 4) is 0 Å². The van der Waals surface area contributed by atoms with Crippen molar-refractivity contribution in [2.75, 3.05) is 6.61 Å². The average molecular weight is 697 g/mol. The molecule has 7 N–H and O–H groups in total. The van der Waals surface area contributed by atoms with E-state index in [9.17, 15) is 40.5 Å². The second-order valence-electron chi connectivity index (χ2n) is 18.9. The number of rotatable bonds is 9. The SMILES string of the molecule is CC(=O)O[C@@H]1CC[C@]2(C)[C@H]3CC[C@@]45C[C@]4(CC[C@@H]5[C@H](C)C[C@@H](O)[C@H](O)C(C)(C)O)[C@]3(C)[C@H](O[C@@H]3O[C@H](CO)[C@@H](O)[C@H](O)[C@H]3O)C[C@H]2C1(C)C. The highest BCUT2D eigenvalue weighted by Crippen LogP contribution is 2.91. The monoisotopic (exact) mass is 696 g/mol. The average Bonchev–Trinajstić information content (AvgIpc) is 3.58. The largest absolute Gasteiger partial charge is 0.462 e. The van der Waals surface area contributed by atoms with Crippen molar-refractivity contribution in [2.45, 2.75) is 174 Å². The third-order valence-electron chi connectivity index (χ3n) is 15.9. The number of fused-ring (bicyclic) bond motifs is 3. The number of carbonyl (C=O) groups is 1. The second-order valence-corrected chi connectivity index (χ2v) is 18.9. The van der Waals surface area contributed by atoms with Gasteiger partial charge < -0.3 is 50.0 Å². The normalized spacial score (nSPS) is 50.6. The first-order chi connectivity index (χ1) is 22.6. The Balaban J connectivity index is 1.36. The summed E-state index contributed by atoms with van der Waals surface area (Å²) in [6.45, 7) is 15.3. The molecule has 6 fully saturated rings. The van der Waals surface area contributed by atoms with Crippen molar-refractivity contribution in [2.24, 2.45) is 50.7 Å². The van der Waals surface area contributed by atoms with Crippen LogP contribution in [-0.2, 0) is 19.0 Å². The summed E-state index contributed by atoms with van der Waals surface area (Å²) in [6, 6.07) is 0. The van der Waals surface area contributed by atoms with Gasteiger partial charge in [-0.1, -0.05) is 34.6 Å². The summed E-state index contributed by atoms with van der Waals surface area (Å²) in [6.07, 6.45) is -2.03. The Morgan fingerprint density at radius 1 is 0.939 bits per heavy atom. The van der Waals surface area contributed by atoms with E-state index in [1.54, 1.807) is 0 Å². The highest BCUT2D eigenvalue weighted by Gasteiger charge is 2.85. The Kier molecular flexibility index (Phi) is 9.53. The van der Waals surface area contributed by atoms with Gasteiger partial charge in [0, 0.05) is 17.8 Å². The first-order valence-electron chi connectivity index (χ1n) is 18.8. The van der Waals surface area contributed by atoms with E-state index in [1.165, 1.54) is 20.8 Å². The maximum atomic E-state index is 12.2. The van der Waals surface area contributed by atoms with E-state index in [0.29, 0.717) is 18.8 Å². The molecule has 282 valence electrons. The van der Waals surface area contributed by atoms with Crippen molar-refractivity contribution in [1.82, 2.24) is 0 Å². The van der Waals surface area contributed by atoms with Gasteiger partial charge in [0.05, 0.1) is 24.4 Å². The molecule has 6 rings (SSSR count). The molecule has 0 aromatic heterocycles. The highest BCUT2D eigenvalue weighted by atomic mass is 16.7. The van der Waals surface area contributed by atoms with E-state index in [0.717, 1.165) is 44.9 Å². The molecule has 1 aliphatic heterocycles. The van der Waals surface area contributed by atoms with E-state index < -0.39 is 61.2 Å². The minimum Gasteiger partial charge on any atom is -0.462 e. The molecule has 5 aliphatic carbocycles. The van der Waals surface area contributed by atoms with Gasteiger partial charge in [0.1, 0.15) is 36.6 Å². The van der Waals surface area contributed by atoms with Crippen molar-refractivity contribution in [1.29, 1.82) is 0 Å². The van der Waals surface area contributed by atoms with E-state index in [-0.39, 0.29) is 56.9 Å². The van der Waals surface area contributed by atoms with Crippen LogP contribution in [0.2, 0.25) is 0 Å². The molecule has 0 bridgehead atoms. The predicted molar refractivity (Wildman–Crippen MR) is 179 cm³/mol. The molecular formula is C38H64O11. The van der Waals surface area contributed by atoms with Crippen LogP contribution in [-0.4, -0.2) is 109 Å². The fourth-order valence-corrected chi connectivity index (χ4v) is 13.5. The number of ether oxygens (including phenoxy) is 3. The third kappa shape index (κ3) is 5.41. The quantitative estimate of drug-likeness (QED) is 0.139. The Labute approximate surface area is 291 Å². The summed E-state index contributed by atoms with van der Waals surface area (Å²) < 4.78 is 18.9. The van der Waals surface area contributed by atoms with Crippen LogP contribution in [0.3, 0.4) is 0 Å². The lowest BCUT2D eigenvalue weighted by atomic mass is 9.37. The summed E-state index contributed by atoms with van der Waals surface area (Å²) in [4.78, 5) is 12.2. The highest BCUT2D eigenvalue weighted by molar-refractivity contribution is 5.66. The first kappa shape index (κ1) is 37.9. The second kappa shape index (κ2) is 12.3. The van der Waals surface area contributed by atoms with Gasteiger partial charge in [-0.2, -0.15) is 0 Å². The fourth-order valence-electron chi connectivity index (χ4n) is 13.5. The summed E-state index contributed by atoms with van der Waals surface area (Å²) in [7, 11) is 0. The first-order valence-corrected chi connectivity index (χ1v) is 18.8. The number of hydrogen-bond acceptors (Lipinski definition) is 11. The smallest absolute Gasteiger partial charge is 0.302 e. The van der Waals surface area contributed by atoms with Crippen molar-refractivity contribution >= 4 is 5.97 Å². The Bertz CT molecular complexity index is 1250. The van der Waals surface area contributed by atoms with E-state index in [4.69, 9.17) is 14.2 Å². The number of esters is 1. The zero-order valence-electron chi connectivity index (χ0n) is 30.8. The lowest BCUT2D eigenvalue weighted by Crippen LogP contribution is -2.68. The van der Waals surface area contributed by atoms with Crippen molar-refractivity contribution < 1.29 is 54.8 Å². The van der Waals surface area contributed by atoms with Crippen LogP contribution < -0.4 is 0 Å². The van der Waals surface area contributed by atoms with Gasteiger partial charge in [-0.15, -0.1) is 0 Å². The zero-order chi connectivity index (χ0) is 36.3. The molecule has 49 heavy (non-hydrogen) atoms. The molecule has 6 aliphatic rings. The fraction of sp³-hybridized carbons (Fsp3) is 0.974. The number of aliphatic hydroxyl groups is 7. The molecule has 1 saturated heterocycles. The van der Waals surface area contributed by atoms with Crippen LogP contribution in [0.4, 0.5) is 0 Å². The topological polar surface area (TPSA) is 186 Å². The van der Waals surface area contributed by atoms with Gasteiger partial charge in [0.2, 0.25) is 0 Å². The predicted octanol–water partition coefficient (Wildman–Crippen LogP) is 2.67. The summed E-state index contributed by atoms with van der Waals surface area (Å²) in [5.41, 5.74) is -2.24. The zero-order valence-corrected chi connectivity index (χ0v) is 30.8. The maximum Gasteiger partial charge on any atom is 0.302 e. The molecule has 0 amide bonds. The van der Waals surface area contributed by atoms with Crippen LogP contribution in [0, 0.1) is 50.7 Å². The summed E-state index contributed by atoms with van der Waals surface area (Å²) in [5.74, 6) is 0.513. The molecule has 0 aromatic rings. The lowest BCUT2D eigenvalue weighted by Gasteiger charge is -2.69.